The van der Waals surface area contributed by atoms with Crippen molar-refractivity contribution in [1.82, 2.24) is 5.43 Å². The number of unbranched alkanes of at least 4 members (excludes halogenated alkanes) is 1. The third-order valence-electron chi connectivity index (χ3n) is 3.75. The Hall–Kier alpha value is -3.26. The molecular weight excluding hydrogens is 384 g/mol. The molecule has 0 fully saturated rings. The fourth-order valence-electron chi connectivity index (χ4n) is 2.23. The Bertz CT molecular complexity index is 897. The van der Waals surface area contributed by atoms with Crippen molar-refractivity contribution in [2.75, 3.05) is 5.32 Å². The monoisotopic (exact) mass is 402 g/mol. The molecule has 2 rings (SSSR count). The minimum absolute atomic E-state index is 0.0718. The molecule has 0 unspecified atom stereocenters. The highest BCUT2D eigenvalue weighted by atomic mass is 35.5. The van der Waals surface area contributed by atoms with E-state index in [1.54, 1.807) is 24.3 Å². The van der Waals surface area contributed by atoms with E-state index < -0.39 is 10.8 Å². The molecule has 8 nitrogen and oxygen atoms in total. The fourth-order valence-corrected chi connectivity index (χ4v) is 2.40. The molecule has 28 heavy (non-hydrogen) atoms. The predicted octanol–water partition coefficient (Wildman–Crippen LogP) is 4.14. The van der Waals surface area contributed by atoms with Crippen LogP contribution in [0.15, 0.2) is 47.6 Å². The molecular formula is C19H19ClN4O4. The largest absolute Gasteiger partial charge is 0.326 e. The molecule has 2 aromatic carbocycles. The van der Waals surface area contributed by atoms with Crippen molar-refractivity contribution in [3.8, 4) is 0 Å². The first-order valence-electron chi connectivity index (χ1n) is 8.58. The number of anilines is 1. The van der Waals surface area contributed by atoms with Gasteiger partial charge in [0.25, 0.3) is 11.6 Å². The van der Waals surface area contributed by atoms with Gasteiger partial charge in [0.15, 0.2) is 0 Å². The van der Waals surface area contributed by atoms with E-state index in [9.17, 15) is 19.7 Å². The molecule has 2 aromatic rings. The molecule has 0 aliphatic heterocycles. The van der Waals surface area contributed by atoms with Crippen LogP contribution in [0.1, 0.15) is 42.1 Å². The van der Waals surface area contributed by atoms with Crippen molar-refractivity contribution in [3.63, 3.8) is 0 Å². The van der Waals surface area contributed by atoms with Gasteiger partial charge in [0.1, 0.15) is 0 Å². The lowest BCUT2D eigenvalue weighted by Gasteiger charge is -2.06. The van der Waals surface area contributed by atoms with Gasteiger partial charge in [0.2, 0.25) is 5.91 Å². The third-order valence-corrected chi connectivity index (χ3v) is 4.09. The number of non-ortho nitro benzene ring substituents is 1. The molecule has 0 radical (unpaired) electrons. The Balaban J connectivity index is 1.96. The van der Waals surface area contributed by atoms with E-state index in [-0.39, 0.29) is 16.6 Å². The van der Waals surface area contributed by atoms with Crippen molar-refractivity contribution in [2.24, 2.45) is 5.10 Å². The molecule has 9 heteroatoms. The number of amides is 2. The van der Waals surface area contributed by atoms with Gasteiger partial charge in [-0.1, -0.05) is 24.9 Å². The molecule has 2 N–H and O–H groups in total. The van der Waals surface area contributed by atoms with Gasteiger partial charge in [-0.3, -0.25) is 19.7 Å². The average Bonchev–Trinajstić information content (AvgIpc) is 2.68. The first-order chi connectivity index (χ1) is 13.4. The number of halogens is 1. The highest BCUT2D eigenvalue weighted by Crippen LogP contribution is 2.20. The summed E-state index contributed by atoms with van der Waals surface area (Å²) in [6, 6.07) is 10.3. The predicted molar refractivity (Wildman–Crippen MR) is 108 cm³/mol. The van der Waals surface area contributed by atoms with Gasteiger partial charge in [-0.2, -0.15) is 5.10 Å². The van der Waals surface area contributed by atoms with Crippen LogP contribution < -0.4 is 10.7 Å². The summed E-state index contributed by atoms with van der Waals surface area (Å²) < 4.78 is 0. The highest BCUT2D eigenvalue weighted by Gasteiger charge is 2.09. The van der Waals surface area contributed by atoms with Gasteiger partial charge in [-0.05, 0) is 36.8 Å². The lowest BCUT2D eigenvalue weighted by Crippen LogP contribution is -2.17. The fraction of sp³-hybridized carbons (Fsp3) is 0.211. The lowest BCUT2D eigenvalue weighted by molar-refractivity contribution is -0.384. The van der Waals surface area contributed by atoms with Crippen LogP contribution in [0.2, 0.25) is 5.02 Å². The Morgan fingerprint density at radius 1 is 1.21 bits per heavy atom. The van der Waals surface area contributed by atoms with Crippen molar-refractivity contribution in [1.29, 1.82) is 0 Å². The topological polar surface area (TPSA) is 114 Å². The molecule has 0 heterocycles. The molecule has 0 spiro atoms. The van der Waals surface area contributed by atoms with E-state index in [0.29, 0.717) is 23.2 Å². The van der Waals surface area contributed by atoms with Crippen LogP contribution in [-0.2, 0) is 4.79 Å². The second-order valence-electron chi connectivity index (χ2n) is 5.89. The van der Waals surface area contributed by atoms with Crippen LogP contribution >= 0.6 is 11.6 Å². The minimum atomic E-state index is -0.547. The standard InChI is InChI=1S/C19H19ClN4O4/c1-2-3-4-18(25)22-15-7-5-13(6-8-15)19(26)23-21-12-14-11-16(24(27)28)9-10-17(14)20/h5-12H,2-4H2,1H3,(H,22,25)(H,23,26)/b21-12+. The van der Waals surface area contributed by atoms with Crippen LogP contribution in [-0.4, -0.2) is 23.0 Å². The van der Waals surface area contributed by atoms with Crippen molar-refractivity contribution in [3.05, 3.63) is 68.7 Å². The second kappa shape index (κ2) is 10.2. The number of nitro benzene ring substituents is 1. The molecule has 0 saturated heterocycles. The molecule has 0 atom stereocenters. The molecule has 0 aliphatic carbocycles. The lowest BCUT2D eigenvalue weighted by atomic mass is 10.2. The van der Waals surface area contributed by atoms with Crippen LogP contribution in [0.5, 0.6) is 0 Å². The van der Waals surface area contributed by atoms with Crippen molar-refractivity contribution in [2.45, 2.75) is 26.2 Å². The molecule has 0 aromatic heterocycles. The molecule has 0 saturated carbocycles. The summed E-state index contributed by atoms with van der Waals surface area (Å²) in [5.74, 6) is -0.542. The smallest absolute Gasteiger partial charge is 0.271 e. The van der Waals surface area contributed by atoms with Crippen molar-refractivity contribution < 1.29 is 14.5 Å². The van der Waals surface area contributed by atoms with E-state index in [0.717, 1.165) is 12.8 Å². The number of benzene rings is 2. The average molecular weight is 403 g/mol. The number of nitrogens with zero attached hydrogens (tertiary/aromatic N) is 2. The molecule has 146 valence electrons. The first kappa shape index (κ1) is 21.0. The van der Waals surface area contributed by atoms with Crippen LogP contribution in [0.25, 0.3) is 0 Å². The number of hydrogen-bond acceptors (Lipinski definition) is 5. The Morgan fingerprint density at radius 2 is 1.93 bits per heavy atom. The maximum atomic E-state index is 12.1. The van der Waals surface area contributed by atoms with Crippen LogP contribution in [0.4, 0.5) is 11.4 Å². The molecule has 0 aliphatic rings. The maximum Gasteiger partial charge on any atom is 0.271 e. The quantitative estimate of drug-likeness (QED) is 0.392. The summed E-state index contributed by atoms with van der Waals surface area (Å²) >= 11 is 5.96. The molecule has 0 bridgehead atoms. The van der Waals surface area contributed by atoms with Crippen molar-refractivity contribution >= 4 is 41.0 Å². The Kier molecular flexibility index (Phi) is 7.65. The van der Waals surface area contributed by atoms with E-state index in [1.807, 2.05) is 6.92 Å². The number of hydrogen-bond donors (Lipinski definition) is 2. The number of nitro groups is 1. The number of hydrazone groups is 1. The molecule has 2 amide bonds. The summed E-state index contributed by atoms with van der Waals surface area (Å²) in [5, 5.41) is 17.6. The summed E-state index contributed by atoms with van der Waals surface area (Å²) in [7, 11) is 0. The summed E-state index contributed by atoms with van der Waals surface area (Å²) in [4.78, 5) is 34.1. The van der Waals surface area contributed by atoms with Crippen LogP contribution in [0.3, 0.4) is 0 Å². The highest BCUT2D eigenvalue weighted by molar-refractivity contribution is 6.33. The van der Waals surface area contributed by atoms with Gasteiger partial charge >= 0.3 is 0 Å². The van der Waals surface area contributed by atoms with Gasteiger partial charge in [0, 0.05) is 40.4 Å². The number of carbonyl (C=O) groups excluding carboxylic acids is 2. The van der Waals surface area contributed by atoms with E-state index in [4.69, 9.17) is 11.6 Å². The first-order valence-corrected chi connectivity index (χ1v) is 8.95. The van der Waals surface area contributed by atoms with Crippen LogP contribution in [0, 0.1) is 10.1 Å². The van der Waals surface area contributed by atoms with Gasteiger partial charge in [-0.15, -0.1) is 0 Å². The van der Waals surface area contributed by atoms with Gasteiger partial charge in [0.05, 0.1) is 11.1 Å². The second-order valence-corrected chi connectivity index (χ2v) is 6.30. The zero-order valence-electron chi connectivity index (χ0n) is 15.1. The Labute approximate surface area is 166 Å². The number of rotatable bonds is 8. The van der Waals surface area contributed by atoms with E-state index in [2.05, 4.69) is 15.8 Å². The normalized spacial score (nSPS) is 10.6. The third kappa shape index (κ3) is 6.17. The zero-order chi connectivity index (χ0) is 20.5. The number of nitrogens with one attached hydrogen (secondary N) is 2. The zero-order valence-corrected chi connectivity index (χ0v) is 15.9. The maximum absolute atomic E-state index is 12.1. The Morgan fingerprint density at radius 3 is 2.57 bits per heavy atom. The summed E-state index contributed by atoms with van der Waals surface area (Å²) in [5.41, 5.74) is 3.45. The number of carbonyl (C=O) groups is 2. The summed E-state index contributed by atoms with van der Waals surface area (Å²) in [6.45, 7) is 2.01. The van der Waals surface area contributed by atoms with E-state index >= 15 is 0 Å². The minimum Gasteiger partial charge on any atom is -0.326 e. The summed E-state index contributed by atoms with van der Waals surface area (Å²) in [6.07, 6.45) is 3.44. The van der Waals surface area contributed by atoms with Gasteiger partial charge < -0.3 is 5.32 Å². The van der Waals surface area contributed by atoms with Gasteiger partial charge in [-0.25, -0.2) is 5.43 Å². The van der Waals surface area contributed by atoms with E-state index in [1.165, 1.54) is 24.4 Å². The SMILES string of the molecule is CCCCC(=O)Nc1ccc(C(=O)N/N=C/c2cc([N+](=O)[O-])ccc2Cl)cc1.